The Balaban J connectivity index is 2.93. The summed E-state index contributed by atoms with van der Waals surface area (Å²) in [5.74, 6) is 0.895. The Bertz CT molecular complexity index is 144. The average Bonchev–Trinajstić information content (AvgIpc) is 2.25. The quantitative estimate of drug-likeness (QED) is 0.293. The van der Waals surface area contributed by atoms with Crippen molar-refractivity contribution in [3.05, 3.63) is 12.2 Å². The Kier molecular flexibility index (Phi) is 12.6. The molecule has 0 amide bonds. The van der Waals surface area contributed by atoms with E-state index in [2.05, 4.69) is 32.9 Å². The van der Waals surface area contributed by atoms with Crippen LogP contribution in [0.3, 0.4) is 0 Å². The molecule has 96 valence electrons. The van der Waals surface area contributed by atoms with Gasteiger partial charge in [0.05, 0.1) is 0 Å². The van der Waals surface area contributed by atoms with E-state index in [4.69, 9.17) is 0 Å². The van der Waals surface area contributed by atoms with Crippen LogP contribution in [0.5, 0.6) is 0 Å². The molecule has 0 heteroatoms. The number of rotatable bonds is 11. The van der Waals surface area contributed by atoms with Crippen LogP contribution in [0, 0.1) is 5.92 Å². The summed E-state index contributed by atoms with van der Waals surface area (Å²) in [4.78, 5) is 0. The third-order valence-corrected chi connectivity index (χ3v) is 3.14. The molecular weight excluding hydrogens is 192 g/mol. The molecule has 0 aliphatic rings. The van der Waals surface area contributed by atoms with E-state index in [9.17, 15) is 0 Å². The lowest BCUT2D eigenvalue weighted by atomic mass is 10.0. The van der Waals surface area contributed by atoms with Crippen LogP contribution in [0.4, 0.5) is 0 Å². The van der Waals surface area contributed by atoms with Gasteiger partial charge in [0.25, 0.3) is 0 Å². The Morgan fingerprint density at radius 1 is 0.750 bits per heavy atom. The van der Waals surface area contributed by atoms with E-state index in [0.717, 1.165) is 5.92 Å². The van der Waals surface area contributed by atoms with Crippen LogP contribution in [0.1, 0.15) is 85.0 Å². The van der Waals surface area contributed by atoms with Crippen LogP contribution < -0.4 is 0 Å². The molecule has 0 aromatic rings. The van der Waals surface area contributed by atoms with Crippen LogP contribution in [-0.4, -0.2) is 0 Å². The van der Waals surface area contributed by atoms with Crippen molar-refractivity contribution in [2.24, 2.45) is 5.92 Å². The van der Waals surface area contributed by atoms with Crippen LogP contribution in [0.15, 0.2) is 12.2 Å². The standard InChI is InChI=1S/C16H32/c1-4-5-6-7-8-9-10-11-12-13-14-15-16(2)3/h4-5,16H,6-15H2,1-3H3/b5-4-. The largest absolute Gasteiger partial charge is 0.0917 e. The summed E-state index contributed by atoms with van der Waals surface area (Å²) in [6, 6.07) is 0. The maximum Gasteiger partial charge on any atom is -0.0351 e. The molecule has 0 heterocycles. The topological polar surface area (TPSA) is 0 Å². The molecular formula is C16H32. The molecule has 0 rings (SSSR count). The predicted octanol–water partition coefficient (Wildman–Crippen LogP) is 6.12. The highest BCUT2D eigenvalue weighted by molar-refractivity contribution is 4.76. The maximum atomic E-state index is 2.32. The highest BCUT2D eigenvalue weighted by Gasteiger charge is 1.94. The molecule has 0 aromatic carbocycles. The molecule has 16 heavy (non-hydrogen) atoms. The molecule has 0 aliphatic carbocycles. The van der Waals surface area contributed by atoms with Crippen LogP contribution in [0.2, 0.25) is 0 Å². The van der Waals surface area contributed by atoms with Gasteiger partial charge < -0.3 is 0 Å². The lowest BCUT2D eigenvalue weighted by Crippen LogP contribution is -1.87. The monoisotopic (exact) mass is 224 g/mol. The van der Waals surface area contributed by atoms with Crippen molar-refractivity contribution in [2.75, 3.05) is 0 Å². The fraction of sp³-hybridized carbons (Fsp3) is 0.875. The molecule has 0 saturated heterocycles. The zero-order valence-corrected chi connectivity index (χ0v) is 11.8. The summed E-state index contributed by atoms with van der Waals surface area (Å²) in [6.45, 7) is 6.76. The van der Waals surface area contributed by atoms with Crippen molar-refractivity contribution in [3.63, 3.8) is 0 Å². The minimum Gasteiger partial charge on any atom is -0.0917 e. The highest BCUT2D eigenvalue weighted by atomic mass is 14.0. The van der Waals surface area contributed by atoms with Gasteiger partial charge in [-0.25, -0.2) is 0 Å². The van der Waals surface area contributed by atoms with Gasteiger partial charge in [-0.15, -0.1) is 0 Å². The summed E-state index contributed by atoms with van der Waals surface area (Å²) in [5, 5.41) is 0. The molecule has 0 atom stereocenters. The zero-order chi connectivity index (χ0) is 12.1. The maximum absolute atomic E-state index is 2.32. The van der Waals surface area contributed by atoms with E-state index in [1.807, 2.05) is 0 Å². The van der Waals surface area contributed by atoms with Crippen molar-refractivity contribution in [1.82, 2.24) is 0 Å². The van der Waals surface area contributed by atoms with E-state index in [-0.39, 0.29) is 0 Å². The summed E-state index contributed by atoms with van der Waals surface area (Å²) in [6.07, 6.45) is 18.7. The fourth-order valence-corrected chi connectivity index (χ4v) is 2.04. The Hall–Kier alpha value is -0.260. The average molecular weight is 224 g/mol. The van der Waals surface area contributed by atoms with Gasteiger partial charge in [-0.05, 0) is 25.7 Å². The number of hydrogen-bond donors (Lipinski definition) is 0. The second-order valence-corrected chi connectivity index (χ2v) is 5.37. The molecule has 0 spiro atoms. The SMILES string of the molecule is C/C=C\CCCCCCCCCCC(C)C. The lowest BCUT2D eigenvalue weighted by Gasteiger charge is -2.04. The van der Waals surface area contributed by atoms with Crippen LogP contribution in [-0.2, 0) is 0 Å². The van der Waals surface area contributed by atoms with Gasteiger partial charge in [0.2, 0.25) is 0 Å². The van der Waals surface area contributed by atoms with Crippen LogP contribution >= 0.6 is 0 Å². The van der Waals surface area contributed by atoms with Gasteiger partial charge in [-0.3, -0.25) is 0 Å². The van der Waals surface area contributed by atoms with E-state index >= 15 is 0 Å². The number of hydrogen-bond acceptors (Lipinski definition) is 0. The summed E-state index contributed by atoms with van der Waals surface area (Å²) < 4.78 is 0. The summed E-state index contributed by atoms with van der Waals surface area (Å²) in [5.41, 5.74) is 0. The lowest BCUT2D eigenvalue weighted by molar-refractivity contribution is 0.507. The predicted molar refractivity (Wildman–Crippen MR) is 75.8 cm³/mol. The molecule has 0 radical (unpaired) electrons. The van der Waals surface area contributed by atoms with E-state index in [1.165, 1.54) is 64.2 Å². The van der Waals surface area contributed by atoms with Gasteiger partial charge >= 0.3 is 0 Å². The molecule has 0 aromatic heterocycles. The van der Waals surface area contributed by atoms with E-state index in [0.29, 0.717) is 0 Å². The number of unbranched alkanes of at least 4 members (excludes halogenated alkanes) is 8. The third kappa shape index (κ3) is 13.7. The second-order valence-electron chi connectivity index (χ2n) is 5.37. The normalized spacial score (nSPS) is 11.8. The van der Waals surface area contributed by atoms with Crippen molar-refractivity contribution in [1.29, 1.82) is 0 Å². The van der Waals surface area contributed by atoms with Gasteiger partial charge in [-0.1, -0.05) is 77.4 Å². The first-order valence-electron chi connectivity index (χ1n) is 7.38. The summed E-state index contributed by atoms with van der Waals surface area (Å²) in [7, 11) is 0. The second kappa shape index (κ2) is 12.8. The molecule has 0 fully saturated rings. The van der Waals surface area contributed by atoms with E-state index in [1.54, 1.807) is 0 Å². The Labute approximate surface area is 104 Å². The minimum atomic E-state index is 0.895. The number of allylic oxidation sites excluding steroid dienone is 2. The van der Waals surface area contributed by atoms with Gasteiger partial charge in [-0.2, -0.15) is 0 Å². The molecule has 0 aliphatic heterocycles. The first kappa shape index (κ1) is 15.7. The van der Waals surface area contributed by atoms with E-state index < -0.39 is 0 Å². The molecule has 0 N–H and O–H groups in total. The first-order chi connectivity index (χ1) is 7.77. The van der Waals surface area contributed by atoms with Crippen molar-refractivity contribution in [3.8, 4) is 0 Å². The van der Waals surface area contributed by atoms with Crippen molar-refractivity contribution in [2.45, 2.75) is 85.0 Å². The Morgan fingerprint density at radius 3 is 1.75 bits per heavy atom. The first-order valence-corrected chi connectivity index (χ1v) is 7.38. The molecule has 0 saturated carbocycles. The van der Waals surface area contributed by atoms with Crippen molar-refractivity contribution >= 4 is 0 Å². The molecule has 0 nitrogen and oxygen atoms in total. The zero-order valence-electron chi connectivity index (χ0n) is 11.8. The van der Waals surface area contributed by atoms with Gasteiger partial charge in [0.1, 0.15) is 0 Å². The van der Waals surface area contributed by atoms with Gasteiger partial charge in [0, 0.05) is 0 Å². The van der Waals surface area contributed by atoms with Crippen molar-refractivity contribution < 1.29 is 0 Å². The molecule has 0 unspecified atom stereocenters. The summed E-state index contributed by atoms with van der Waals surface area (Å²) >= 11 is 0. The van der Waals surface area contributed by atoms with Crippen LogP contribution in [0.25, 0.3) is 0 Å². The smallest absolute Gasteiger partial charge is 0.0351 e. The Morgan fingerprint density at radius 2 is 1.25 bits per heavy atom. The highest BCUT2D eigenvalue weighted by Crippen LogP contribution is 2.12. The van der Waals surface area contributed by atoms with Gasteiger partial charge in [0.15, 0.2) is 0 Å². The molecule has 0 bridgehead atoms. The third-order valence-electron chi connectivity index (χ3n) is 3.14. The minimum absolute atomic E-state index is 0.895. The fourth-order valence-electron chi connectivity index (χ4n) is 2.04.